The average molecular weight is 226 g/mol. The number of ether oxygens (including phenoxy) is 1. The summed E-state index contributed by atoms with van der Waals surface area (Å²) in [7, 11) is 0. The molecule has 16 heavy (non-hydrogen) atoms. The fraction of sp³-hybridized carbons (Fsp3) is 1.00. The fourth-order valence-electron chi connectivity index (χ4n) is 2.72. The zero-order chi connectivity index (χ0) is 11.6. The molecule has 0 spiro atoms. The lowest BCUT2D eigenvalue weighted by Crippen LogP contribution is -2.41. The molecule has 2 fully saturated rings. The van der Waals surface area contributed by atoms with E-state index in [0.29, 0.717) is 24.2 Å². The number of hydrogen-bond donors (Lipinski definition) is 1. The highest BCUT2D eigenvalue weighted by molar-refractivity contribution is 4.82. The number of nitrogens with two attached hydrogens (primary N) is 1. The topological polar surface area (TPSA) is 38.5 Å². The highest BCUT2D eigenvalue weighted by atomic mass is 16.5. The summed E-state index contributed by atoms with van der Waals surface area (Å²) in [5, 5.41) is 0. The minimum absolute atomic E-state index is 0.325. The molecule has 0 amide bonds. The number of likely N-dealkylation sites (tertiary alicyclic amines) is 1. The first kappa shape index (κ1) is 12.3. The molecule has 0 aromatic rings. The van der Waals surface area contributed by atoms with Gasteiger partial charge in [-0.15, -0.1) is 0 Å². The largest absolute Gasteiger partial charge is 0.372 e. The van der Waals surface area contributed by atoms with Crippen molar-refractivity contribution in [2.45, 2.75) is 51.7 Å². The minimum Gasteiger partial charge on any atom is -0.372 e. The van der Waals surface area contributed by atoms with Gasteiger partial charge in [-0.25, -0.2) is 0 Å². The van der Waals surface area contributed by atoms with Crippen LogP contribution < -0.4 is 5.73 Å². The lowest BCUT2D eigenvalue weighted by atomic mass is 9.82. The molecule has 3 nitrogen and oxygen atoms in total. The quantitative estimate of drug-likeness (QED) is 0.794. The van der Waals surface area contributed by atoms with Gasteiger partial charge in [0.05, 0.1) is 12.2 Å². The lowest BCUT2D eigenvalue weighted by molar-refractivity contribution is 0.0143. The first-order chi connectivity index (χ1) is 7.59. The number of rotatable bonds is 3. The van der Waals surface area contributed by atoms with E-state index < -0.39 is 0 Å². The molecule has 0 bridgehead atoms. The third-order valence-electron chi connectivity index (χ3n) is 4.13. The molecule has 2 atom stereocenters. The Bertz CT molecular complexity index is 220. The SMILES string of the molecule is CC1(C)CCN(C[C@@H]2CC[C@H](CN)O2)CC1. The van der Waals surface area contributed by atoms with E-state index in [0.717, 1.165) is 13.0 Å². The zero-order valence-corrected chi connectivity index (χ0v) is 10.7. The van der Waals surface area contributed by atoms with E-state index in [4.69, 9.17) is 10.5 Å². The molecule has 0 radical (unpaired) electrons. The molecule has 0 unspecified atom stereocenters. The smallest absolute Gasteiger partial charge is 0.0707 e. The molecule has 2 rings (SSSR count). The Morgan fingerprint density at radius 2 is 1.81 bits per heavy atom. The van der Waals surface area contributed by atoms with Crippen molar-refractivity contribution in [3.05, 3.63) is 0 Å². The maximum absolute atomic E-state index is 5.90. The molecule has 0 aliphatic carbocycles. The summed E-state index contributed by atoms with van der Waals surface area (Å²) in [5.74, 6) is 0. The van der Waals surface area contributed by atoms with Crippen LogP contribution in [-0.2, 0) is 4.74 Å². The van der Waals surface area contributed by atoms with E-state index in [1.54, 1.807) is 0 Å². The predicted octanol–water partition coefficient (Wildman–Crippen LogP) is 1.61. The molecule has 2 heterocycles. The minimum atomic E-state index is 0.325. The van der Waals surface area contributed by atoms with Gasteiger partial charge in [0, 0.05) is 13.1 Å². The fourth-order valence-corrected chi connectivity index (χ4v) is 2.72. The summed E-state index contributed by atoms with van der Waals surface area (Å²) >= 11 is 0. The summed E-state index contributed by atoms with van der Waals surface area (Å²) in [4.78, 5) is 2.56. The first-order valence-corrected chi connectivity index (χ1v) is 6.67. The molecule has 0 aromatic carbocycles. The summed E-state index contributed by atoms with van der Waals surface area (Å²) in [6, 6.07) is 0. The van der Waals surface area contributed by atoms with Gasteiger partial charge >= 0.3 is 0 Å². The van der Waals surface area contributed by atoms with Gasteiger partial charge in [-0.1, -0.05) is 13.8 Å². The predicted molar refractivity (Wildman–Crippen MR) is 66.4 cm³/mol. The lowest BCUT2D eigenvalue weighted by Gasteiger charge is -2.37. The van der Waals surface area contributed by atoms with Crippen LogP contribution in [0, 0.1) is 5.41 Å². The van der Waals surface area contributed by atoms with Crippen LogP contribution in [0.2, 0.25) is 0 Å². The van der Waals surface area contributed by atoms with Crippen LogP contribution >= 0.6 is 0 Å². The van der Waals surface area contributed by atoms with Crippen LogP contribution in [0.25, 0.3) is 0 Å². The van der Waals surface area contributed by atoms with E-state index in [-0.39, 0.29) is 0 Å². The molecule has 94 valence electrons. The highest BCUT2D eigenvalue weighted by Gasteiger charge is 2.29. The van der Waals surface area contributed by atoms with Crippen molar-refractivity contribution in [1.29, 1.82) is 0 Å². The van der Waals surface area contributed by atoms with Crippen molar-refractivity contribution in [3.63, 3.8) is 0 Å². The van der Waals surface area contributed by atoms with Gasteiger partial charge in [0.2, 0.25) is 0 Å². The van der Waals surface area contributed by atoms with Crippen molar-refractivity contribution in [1.82, 2.24) is 4.90 Å². The maximum Gasteiger partial charge on any atom is 0.0707 e. The number of hydrogen-bond acceptors (Lipinski definition) is 3. The van der Waals surface area contributed by atoms with Gasteiger partial charge in [0.1, 0.15) is 0 Å². The van der Waals surface area contributed by atoms with Crippen LogP contribution in [0.4, 0.5) is 0 Å². The van der Waals surface area contributed by atoms with Crippen LogP contribution in [0.1, 0.15) is 39.5 Å². The second-order valence-corrected chi connectivity index (χ2v) is 6.16. The molecule has 2 N–H and O–H groups in total. The highest BCUT2D eigenvalue weighted by Crippen LogP contribution is 2.30. The van der Waals surface area contributed by atoms with Gasteiger partial charge in [-0.3, -0.25) is 0 Å². The second kappa shape index (κ2) is 5.03. The van der Waals surface area contributed by atoms with Gasteiger partial charge in [-0.2, -0.15) is 0 Å². The van der Waals surface area contributed by atoms with E-state index in [9.17, 15) is 0 Å². The third-order valence-corrected chi connectivity index (χ3v) is 4.13. The summed E-state index contributed by atoms with van der Waals surface area (Å²) in [5.41, 5.74) is 6.17. The zero-order valence-electron chi connectivity index (χ0n) is 10.7. The van der Waals surface area contributed by atoms with E-state index in [1.165, 1.54) is 32.4 Å². The molecular weight excluding hydrogens is 200 g/mol. The summed E-state index contributed by atoms with van der Waals surface area (Å²) in [6.45, 7) is 9.03. The Labute approximate surface area is 99.3 Å². The Kier molecular flexibility index (Phi) is 3.88. The average Bonchev–Trinajstić information content (AvgIpc) is 2.69. The number of nitrogens with zero attached hydrogens (tertiary/aromatic N) is 1. The Morgan fingerprint density at radius 1 is 1.19 bits per heavy atom. The van der Waals surface area contributed by atoms with E-state index in [1.807, 2.05) is 0 Å². The molecular formula is C13H26N2O. The van der Waals surface area contributed by atoms with Crippen molar-refractivity contribution in [3.8, 4) is 0 Å². The standard InChI is InChI=1S/C13H26N2O/c1-13(2)5-7-15(8-6-13)10-12-4-3-11(9-14)16-12/h11-12H,3-10,14H2,1-2H3/t11-,12+/m1/s1. The third kappa shape index (κ3) is 3.19. The molecule has 0 saturated carbocycles. The van der Waals surface area contributed by atoms with Gasteiger partial charge in [0.15, 0.2) is 0 Å². The Morgan fingerprint density at radius 3 is 2.38 bits per heavy atom. The Hall–Kier alpha value is -0.120. The van der Waals surface area contributed by atoms with Crippen molar-refractivity contribution < 1.29 is 4.74 Å². The van der Waals surface area contributed by atoms with E-state index in [2.05, 4.69) is 18.7 Å². The van der Waals surface area contributed by atoms with Gasteiger partial charge < -0.3 is 15.4 Å². The van der Waals surface area contributed by atoms with Gasteiger partial charge in [-0.05, 0) is 44.2 Å². The molecule has 2 aliphatic rings. The Balaban J connectivity index is 1.71. The second-order valence-electron chi connectivity index (χ2n) is 6.16. The maximum atomic E-state index is 5.90. The van der Waals surface area contributed by atoms with Crippen LogP contribution in [0.15, 0.2) is 0 Å². The molecule has 3 heteroatoms. The molecule has 2 aliphatic heterocycles. The monoisotopic (exact) mass is 226 g/mol. The van der Waals surface area contributed by atoms with E-state index >= 15 is 0 Å². The van der Waals surface area contributed by atoms with Crippen molar-refractivity contribution >= 4 is 0 Å². The van der Waals surface area contributed by atoms with Crippen LogP contribution in [-0.4, -0.2) is 43.3 Å². The number of piperidine rings is 1. The van der Waals surface area contributed by atoms with Crippen LogP contribution in [0.3, 0.4) is 0 Å². The van der Waals surface area contributed by atoms with Crippen LogP contribution in [0.5, 0.6) is 0 Å². The normalized spacial score (nSPS) is 35.4. The summed E-state index contributed by atoms with van der Waals surface area (Å²) < 4.78 is 5.90. The molecule has 0 aromatic heterocycles. The first-order valence-electron chi connectivity index (χ1n) is 6.67. The van der Waals surface area contributed by atoms with Crippen molar-refractivity contribution in [2.24, 2.45) is 11.1 Å². The molecule has 2 saturated heterocycles. The summed E-state index contributed by atoms with van der Waals surface area (Å²) in [6.07, 6.45) is 5.75. The van der Waals surface area contributed by atoms with Gasteiger partial charge in [0.25, 0.3) is 0 Å². The van der Waals surface area contributed by atoms with Crippen molar-refractivity contribution in [2.75, 3.05) is 26.2 Å².